The van der Waals surface area contributed by atoms with Gasteiger partial charge < -0.3 is 15.5 Å². The number of nitrogens with one attached hydrogen (secondary N) is 3. The van der Waals surface area contributed by atoms with Crippen LogP contribution in [0.5, 0.6) is 0 Å². The lowest BCUT2D eigenvalue weighted by molar-refractivity contribution is -0.122. The largest absolute Gasteiger partial charge is 0.352 e. The van der Waals surface area contributed by atoms with Crippen molar-refractivity contribution in [3.05, 3.63) is 0 Å². The molecule has 1 amide bonds. The highest BCUT2D eigenvalue weighted by molar-refractivity contribution is 5.83. The van der Waals surface area contributed by atoms with E-state index in [1.54, 1.807) is 25.9 Å². The summed E-state index contributed by atoms with van der Waals surface area (Å²) < 4.78 is 0. The Hall–Kier alpha value is -2.16. The van der Waals surface area contributed by atoms with Gasteiger partial charge in [0.1, 0.15) is 6.04 Å². The highest BCUT2D eigenvalue weighted by Crippen LogP contribution is 2.11. The minimum absolute atomic E-state index is 0.0729. The van der Waals surface area contributed by atoms with Gasteiger partial charge in [-0.3, -0.25) is 10.2 Å². The van der Waals surface area contributed by atoms with E-state index >= 15 is 0 Å². The molecule has 5 N–H and O–H groups in total. The monoisotopic (exact) mass is 282 g/mol. The molecular formula is C11H22N8O. The van der Waals surface area contributed by atoms with Crippen molar-refractivity contribution >= 4 is 23.8 Å². The van der Waals surface area contributed by atoms with Crippen molar-refractivity contribution < 1.29 is 4.79 Å². The molecule has 9 nitrogen and oxygen atoms in total. The van der Waals surface area contributed by atoms with Gasteiger partial charge in [-0.15, -0.1) is 0 Å². The summed E-state index contributed by atoms with van der Waals surface area (Å²) in [5.74, 6) is 6.13. The first-order valence-corrected chi connectivity index (χ1v) is 6.30. The number of nitrogens with two attached hydrogens (primary N) is 1. The standard InChI is InChI=1S/C11H22N8O/c1-6(2)13-8(20)7(3)14-9-15-10(18-12)17-11(16-9)19(4)5/h6-7H,12H2,1-5H3,(H,13,20)(H2,14,15,16,17,18). The number of hydrogen-bond donors (Lipinski definition) is 4. The van der Waals surface area contributed by atoms with Crippen LogP contribution < -0.4 is 26.8 Å². The van der Waals surface area contributed by atoms with Crippen LogP contribution in [0.2, 0.25) is 0 Å². The average molecular weight is 282 g/mol. The Morgan fingerprint density at radius 3 is 2.25 bits per heavy atom. The second kappa shape index (κ2) is 6.85. The predicted octanol–water partition coefficient (Wildman–Crippen LogP) is -0.452. The second-order valence-corrected chi connectivity index (χ2v) is 4.85. The van der Waals surface area contributed by atoms with Crippen LogP contribution in [0.15, 0.2) is 0 Å². The number of nitrogens with zero attached hydrogens (tertiary/aromatic N) is 4. The Morgan fingerprint density at radius 1 is 1.15 bits per heavy atom. The summed E-state index contributed by atoms with van der Waals surface area (Å²) in [5, 5.41) is 5.73. The van der Waals surface area contributed by atoms with Gasteiger partial charge in [0.25, 0.3) is 0 Å². The molecule has 0 saturated carbocycles. The number of nitrogen functional groups attached to an aromatic ring is 1. The Labute approximate surface area is 118 Å². The molecule has 0 bridgehead atoms. The zero-order valence-corrected chi connectivity index (χ0v) is 12.4. The maximum Gasteiger partial charge on any atom is 0.243 e. The molecule has 0 aliphatic heterocycles. The first kappa shape index (κ1) is 15.9. The lowest BCUT2D eigenvalue weighted by Gasteiger charge is -2.17. The maximum atomic E-state index is 11.8. The smallest absolute Gasteiger partial charge is 0.243 e. The van der Waals surface area contributed by atoms with Crippen LogP contribution in [-0.2, 0) is 4.79 Å². The number of carbonyl (C=O) groups is 1. The number of rotatable bonds is 6. The van der Waals surface area contributed by atoms with Gasteiger partial charge in [-0.2, -0.15) is 15.0 Å². The van der Waals surface area contributed by atoms with Crippen LogP contribution in [0, 0.1) is 0 Å². The van der Waals surface area contributed by atoms with Crippen molar-refractivity contribution in [1.82, 2.24) is 20.3 Å². The molecule has 0 fully saturated rings. The molecule has 0 saturated heterocycles. The van der Waals surface area contributed by atoms with Gasteiger partial charge in [-0.25, -0.2) is 5.84 Å². The van der Waals surface area contributed by atoms with Gasteiger partial charge in [0.05, 0.1) is 0 Å². The Balaban J connectivity index is 2.85. The molecule has 0 aromatic carbocycles. The first-order valence-electron chi connectivity index (χ1n) is 6.30. The quantitative estimate of drug-likeness (QED) is 0.409. The Kier molecular flexibility index (Phi) is 5.44. The summed E-state index contributed by atoms with van der Waals surface area (Å²) >= 11 is 0. The summed E-state index contributed by atoms with van der Waals surface area (Å²) in [6.07, 6.45) is 0. The zero-order valence-electron chi connectivity index (χ0n) is 12.4. The van der Waals surface area contributed by atoms with Crippen LogP contribution in [0.3, 0.4) is 0 Å². The molecule has 112 valence electrons. The fourth-order valence-corrected chi connectivity index (χ4v) is 1.36. The lowest BCUT2D eigenvalue weighted by Crippen LogP contribution is -2.41. The van der Waals surface area contributed by atoms with Crippen LogP contribution in [0.25, 0.3) is 0 Å². The van der Waals surface area contributed by atoms with E-state index in [2.05, 4.69) is 31.0 Å². The van der Waals surface area contributed by atoms with Crippen LogP contribution in [-0.4, -0.2) is 47.0 Å². The molecule has 1 unspecified atom stereocenters. The van der Waals surface area contributed by atoms with E-state index in [-0.39, 0.29) is 23.8 Å². The fraction of sp³-hybridized carbons (Fsp3) is 0.636. The van der Waals surface area contributed by atoms with E-state index in [1.165, 1.54) is 0 Å². The SMILES string of the molecule is CC(C)NC(=O)C(C)Nc1nc(NN)nc(N(C)C)n1. The summed E-state index contributed by atoms with van der Waals surface area (Å²) in [4.78, 5) is 25.9. The number of carbonyl (C=O) groups excluding carboxylic acids is 1. The predicted molar refractivity (Wildman–Crippen MR) is 78.3 cm³/mol. The zero-order chi connectivity index (χ0) is 15.3. The maximum absolute atomic E-state index is 11.8. The summed E-state index contributed by atoms with van der Waals surface area (Å²) in [6.45, 7) is 5.52. The Bertz CT molecular complexity index is 462. The molecule has 0 spiro atoms. The number of hydrazine groups is 1. The molecule has 1 aromatic heterocycles. The van der Waals surface area contributed by atoms with Gasteiger partial charge >= 0.3 is 0 Å². The number of anilines is 3. The fourth-order valence-electron chi connectivity index (χ4n) is 1.36. The van der Waals surface area contributed by atoms with Gasteiger partial charge in [-0.1, -0.05) is 0 Å². The highest BCUT2D eigenvalue weighted by Gasteiger charge is 2.16. The summed E-state index contributed by atoms with van der Waals surface area (Å²) in [6, 6.07) is -0.399. The van der Waals surface area contributed by atoms with Crippen LogP contribution in [0.1, 0.15) is 20.8 Å². The minimum Gasteiger partial charge on any atom is -0.352 e. The van der Waals surface area contributed by atoms with Crippen molar-refractivity contribution in [2.45, 2.75) is 32.9 Å². The molecule has 9 heteroatoms. The Morgan fingerprint density at radius 2 is 1.75 bits per heavy atom. The van der Waals surface area contributed by atoms with Crippen molar-refractivity contribution in [3.8, 4) is 0 Å². The minimum atomic E-state index is -0.472. The number of amides is 1. The molecule has 1 atom stereocenters. The van der Waals surface area contributed by atoms with E-state index < -0.39 is 6.04 Å². The average Bonchev–Trinajstić information content (AvgIpc) is 2.37. The molecule has 1 aromatic rings. The van der Waals surface area contributed by atoms with E-state index in [9.17, 15) is 4.79 Å². The topological polar surface area (TPSA) is 121 Å². The molecule has 20 heavy (non-hydrogen) atoms. The summed E-state index contributed by atoms with van der Waals surface area (Å²) in [5.41, 5.74) is 2.37. The summed E-state index contributed by atoms with van der Waals surface area (Å²) in [7, 11) is 3.60. The number of hydrogen-bond acceptors (Lipinski definition) is 8. The van der Waals surface area contributed by atoms with Crippen LogP contribution in [0.4, 0.5) is 17.8 Å². The van der Waals surface area contributed by atoms with Crippen molar-refractivity contribution in [2.24, 2.45) is 5.84 Å². The lowest BCUT2D eigenvalue weighted by atomic mass is 10.3. The van der Waals surface area contributed by atoms with E-state index in [0.29, 0.717) is 5.95 Å². The van der Waals surface area contributed by atoms with Gasteiger partial charge in [0, 0.05) is 20.1 Å². The van der Waals surface area contributed by atoms with Crippen molar-refractivity contribution in [2.75, 3.05) is 29.7 Å². The van der Waals surface area contributed by atoms with Gasteiger partial charge in [0.2, 0.25) is 23.8 Å². The van der Waals surface area contributed by atoms with E-state index in [1.807, 2.05) is 13.8 Å². The van der Waals surface area contributed by atoms with Crippen LogP contribution >= 0.6 is 0 Å². The molecular weight excluding hydrogens is 260 g/mol. The van der Waals surface area contributed by atoms with E-state index in [4.69, 9.17) is 5.84 Å². The third kappa shape index (κ3) is 4.50. The highest BCUT2D eigenvalue weighted by atomic mass is 16.2. The molecule has 1 heterocycles. The molecule has 0 aliphatic carbocycles. The first-order chi connectivity index (χ1) is 9.33. The third-order valence-corrected chi connectivity index (χ3v) is 2.32. The molecule has 0 aliphatic rings. The van der Waals surface area contributed by atoms with E-state index in [0.717, 1.165) is 0 Å². The third-order valence-electron chi connectivity index (χ3n) is 2.32. The molecule has 0 radical (unpaired) electrons. The van der Waals surface area contributed by atoms with Crippen molar-refractivity contribution in [1.29, 1.82) is 0 Å². The second-order valence-electron chi connectivity index (χ2n) is 4.85. The van der Waals surface area contributed by atoms with Gasteiger partial charge in [-0.05, 0) is 20.8 Å². The number of aromatic nitrogens is 3. The normalized spacial score (nSPS) is 11.9. The van der Waals surface area contributed by atoms with Gasteiger partial charge in [0.15, 0.2) is 0 Å². The van der Waals surface area contributed by atoms with Crippen molar-refractivity contribution in [3.63, 3.8) is 0 Å². The molecule has 1 rings (SSSR count).